The topological polar surface area (TPSA) is 73.8 Å². The number of ether oxygens (including phenoxy) is 8. The highest BCUT2D eigenvalue weighted by molar-refractivity contribution is 5.66. The predicted molar refractivity (Wildman–Crippen MR) is 470 cm³/mol. The Bertz CT molecular complexity index is 4690. The second kappa shape index (κ2) is 32.0. The van der Waals surface area contributed by atoms with Crippen molar-refractivity contribution in [2.24, 2.45) is 0 Å². The predicted octanol–water partition coefficient (Wildman–Crippen LogP) is 25.4. The Morgan fingerprint density at radius 1 is 0.196 bits per heavy atom. The van der Waals surface area contributed by atoms with Gasteiger partial charge in [-0.2, -0.15) is 0 Å². The number of rotatable bonds is 9. The molecule has 0 spiro atoms. The van der Waals surface area contributed by atoms with Gasteiger partial charge in [-0.3, -0.25) is 0 Å². The Labute approximate surface area is 676 Å². The van der Waals surface area contributed by atoms with E-state index in [9.17, 15) is 0 Å². The summed E-state index contributed by atoms with van der Waals surface area (Å²) in [6, 6.07) is 45.2. The van der Waals surface area contributed by atoms with Crippen molar-refractivity contribution in [3.63, 3.8) is 0 Å². The van der Waals surface area contributed by atoms with Gasteiger partial charge in [0.05, 0.1) is 56.9 Å². The molecule has 0 aromatic heterocycles. The van der Waals surface area contributed by atoms with Crippen LogP contribution >= 0.6 is 0 Å². The highest BCUT2D eigenvalue weighted by atomic mass is 16.5. The molecule has 9 aromatic rings. The van der Waals surface area contributed by atoms with Crippen molar-refractivity contribution < 1.29 is 37.9 Å². The lowest BCUT2D eigenvalue weighted by Crippen LogP contribution is -2.19. The first kappa shape index (κ1) is 85.8. The zero-order chi connectivity index (χ0) is 82.8. The molecule has 0 radical (unpaired) electrons. The molecule has 0 atom stereocenters. The summed E-state index contributed by atoms with van der Waals surface area (Å²) in [5, 5.41) is 0. The molecule has 0 unspecified atom stereocenters. The third kappa shape index (κ3) is 18.3. The number of benzene rings is 9. The van der Waals surface area contributed by atoms with E-state index >= 15 is 0 Å². The van der Waals surface area contributed by atoms with Gasteiger partial charge in [0, 0.05) is 62.0 Å². The first-order valence-corrected chi connectivity index (χ1v) is 40.7. The molecular weight excluding hydrogens is 1380 g/mol. The van der Waals surface area contributed by atoms with Gasteiger partial charge in [0.25, 0.3) is 0 Å². The van der Waals surface area contributed by atoms with Gasteiger partial charge in [-0.05, 0) is 191 Å². The number of methoxy groups -OCH3 is 8. The molecule has 0 saturated carbocycles. The molecule has 112 heavy (non-hydrogen) atoms. The summed E-state index contributed by atoms with van der Waals surface area (Å²) in [5.74, 6) is 6.40. The van der Waals surface area contributed by atoms with Gasteiger partial charge in [-0.25, -0.2) is 0 Å². The minimum absolute atomic E-state index is 0.217. The van der Waals surface area contributed by atoms with Crippen LogP contribution in [0.3, 0.4) is 0 Å². The van der Waals surface area contributed by atoms with Crippen LogP contribution in [-0.2, 0) is 88.3 Å². The summed E-state index contributed by atoms with van der Waals surface area (Å²) < 4.78 is 55.3. The monoisotopic (exact) mass is 1510 g/mol. The van der Waals surface area contributed by atoms with Crippen LogP contribution in [0.25, 0.3) is 0 Å². The Kier molecular flexibility index (Phi) is 24.5. The molecule has 0 aliphatic heterocycles. The van der Waals surface area contributed by atoms with E-state index in [2.05, 4.69) is 295 Å². The van der Waals surface area contributed by atoms with Crippen LogP contribution in [0.1, 0.15) is 322 Å². The molecule has 600 valence electrons. The largest absolute Gasteiger partial charge is 0.496 e. The smallest absolute Gasteiger partial charge is 0.126 e. The van der Waals surface area contributed by atoms with Crippen LogP contribution < -0.4 is 37.9 Å². The zero-order valence-electron chi connectivity index (χ0n) is 75.3. The van der Waals surface area contributed by atoms with Crippen LogP contribution in [0.5, 0.6) is 46.0 Å². The lowest BCUT2D eigenvalue weighted by atomic mass is 9.74. The summed E-state index contributed by atoms with van der Waals surface area (Å²) in [6.07, 6.45) is 3.80. The van der Waals surface area contributed by atoms with Crippen LogP contribution in [0.2, 0.25) is 0 Å². The third-order valence-electron chi connectivity index (χ3n) is 23.4. The van der Waals surface area contributed by atoms with E-state index in [4.69, 9.17) is 37.9 Å². The van der Waals surface area contributed by atoms with Crippen molar-refractivity contribution in [1.29, 1.82) is 0 Å². The van der Waals surface area contributed by atoms with Gasteiger partial charge < -0.3 is 37.9 Å². The zero-order valence-corrected chi connectivity index (χ0v) is 75.3. The van der Waals surface area contributed by atoms with Gasteiger partial charge in [0.2, 0.25) is 0 Å². The summed E-state index contributed by atoms with van der Waals surface area (Å²) in [7, 11) is 14.7. The Morgan fingerprint density at radius 3 is 0.491 bits per heavy atom. The van der Waals surface area contributed by atoms with E-state index in [1.165, 1.54) is 61.2 Å². The molecule has 0 fully saturated rings. The van der Waals surface area contributed by atoms with Gasteiger partial charge in [-0.1, -0.05) is 287 Å². The maximum Gasteiger partial charge on any atom is 0.126 e. The summed E-state index contributed by atoms with van der Waals surface area (Å²) in [5.41, 5.74) is 28.6. The average Bonchev–Trinajstić information content (AvgIpc) is 0.748. The standard InChI is InChI=1S/C104H136O8/c1-61-35-36-85(62(2)37-61)88-86-59-83(103(21,22)23)57-75(95(86)111-33)43-73-55-81(101(15,16)17)53-71(93(73)109-31)41-69-51-79(99(9,10)11)49-67(91(69)107-29)39-65-47-77(97(3,4)5)45-63(89(65)105-27)38-64-46-78(98(6,7)8)48-66(90(64)106-28)40-68-50-80(100(12,13)14)52-70(92(68)108-30)42-72-54-82(102(18,19)20)56-74(94(72)110-32)44-76-58-84(104(24,25)26)60-87(88)96(76)112-34/h35-37,45-60,88H,38-44H2,1-34H3. The van der Waals surface area contributed by atoms with Crippen molar-refractivity contribution in [3.8, 4) is 46.0 Å². The molecular formula is C104H136O8. The highest BCUT2D eigenvalue weighted by Crippen LogP contribution is 2.52. The van der Waals surface area contributed by atoms with Crippen LogP contribution in [-0.4, -0.2) is 56.9 Å². The van der Waals surface area contributed by atoms with E-state index < -0.39 is 0 Å². The number of hydrogen-bond donors (Lipinski definition) is 0. The molecule has 8 heteroatoms. The molecule has 16 bridgehead atoms. The molecule has 8 nitrogen and oxygen atoms in total. The molecule has 1 aliphatic rings. The molecule has 1 aliphatic carbocycles. The molecule has 10 rings (SSSR count). The number of fused-ring (bicyclic) bond motifs is 16. The van der Waals surface area contributed by atoms with Crippen molar-refractivity contribution in [2.45, 2.75) is 274 Å². The van der Waals surface area contributed by atoms with Crippen LogP contribution in [0.4, 0.5) is 0 Å². The van der Waals surface area contributed by atoms with Crippen molar-refractivity contribution >= 4 is 0 Å². The summed E-state index contributed by atoms with van der Waals surface area (Å²) in [6.45, 7) is 60.1. The maximum atomic E-state index is 7.10. The van der Waals surface area contributed by atoms with E-state index in [0.717, 1.165) is 135 Å². The molecule has 0 saturated heterocycles. The van der Waals surface area contributed by atoms with Crippen LogP contribution in [0.15, 0.2) is 115 Å². The Morgan fingerprint density at radius 2 is 0.348 bits per heavy atom. The van der Waals surface area contributed by atoms with Gasteiger partial charge in [0.1, 0.15) is 46.0 Å². The molecule has 0 heterocycles. The third-order valence-corrected chi connectivity index (χ3v) is 23.4. The quantitative estimate of drug-likeness (QED) is 0.142. The fourth-order valence-corrected chi connectivity index (χ4v) is 16.8. The van der Waals surface area contributed by atoms with Crippen molar-refractivity contribution in [2.75, 3.05) is 56.9 Å². The lowest BCUT2D eigenvalue weighted by molar-refractivity contribution is 0.393. The summed E-state index contributed by atoms with van der Waals surface area (Å²) >= 11 is 0. The van der Waals surface area contributed by atoms with E-state index in [1.54, 1.807) is 0 Å². The minimum atomic E-state index is -0.364. The van der Waals surface area contributed by atoms with Crippen molar-refractivity contribution in [3.05, 3.63) is 265 Å². The minimum Gasteiger partial charge on any atom is -0.496 e. The SMILES string of the molecule is COc1c2cc(C(C)(C)C)cc1Cc1cc(C(C)(C)C)cc(c1OC)Cc1cc(C(C)(C)C)cc(c1OC)Cc1cc(C(C)(C)C)cc(c1OC)C(c1ccc(C)cc1C)c1cc(C(C)(C)C)cc(c1OC)Cc1cc(C(C)(C)C)cc(c1OC)Cc1cc(C(C)(C)C)cc(c1OC)Cc1cc(C(C)(C)C)cc(c1OC)C2. The average molecular weight is 1510 g/mol. The lowest BCUT2D eigenvalue weighted by Gasteiger charge is -2.32. The van der Waals surface area contributed by atoms with Crippen LogP contribution in [0, 0.1) is 13.8 Å². The first-order chi connectivity index (χ1) is 52.0. The van der Waals surface area contributed by atoms with Gasteiger partial charge >= 0.3 is 0 Å². The molecule has 0 N–H and O–H groups in total. The van der Waals surface area contributed by atoms with Gasteiger partial charge in [-0.15, -0.1) is 0 Å². The maximum absolute atomic E-state index is 7.10. The fourth-order valence-electron chi connectivity index (χ4n) is 16.8. The molecule has 0 amide bonds. The summed E-state index contributed by atoms with van der Waals surface area (Å²) in [4.78, 5) is 0. The van der Waals surface area contributed by atoms with E-state index in [1.807, 2.05) is 56.9 Å². The first-order valence-electron chi connectivity index (χ1n) is 40.7. The second-order valence-corrected chi connectivity index (χ2v) is 40.5. The normalized spacial score (nSPS) is 13.9. The molecule has 9 aromatic carbocycles. The van der Waals surface area contributed by atoms with Gasteiger partial charge in [0.15, 0.2) is 0 Å². The second-order valence-electron chi connectivity index (χ2n) is 40.5. The number of aryl methyl sites for hydroxylation is 2. The Hall–Kier alpha value is -8.62. The van der Waals surface area contributed by atoms with Crippen molar-refractivity contribution in [1.82, 2.24) is 0 Å². The van der Waals surface area contributed by atoms with E-state index in [-0.39, 0.29) is 49.2 Å². The fraction of sp³-hybridized carbons (Fsp3) is 0.481. The number of hydrogen-bond acceptors (Lipinski definition) is 8. The van der Waals surface area contributed by atoms with E-state index in [0.29, 0.717) is 44.9 Å². The Balaban J connectivity index is 1.38. The highest BCUT2D eigenvalue weighted by Gasteiger charge is 2.36.